The topological polar surface area (TPSA) is 40.6 Å². The van der Waals surface area contributed by atoms with Crippen molar-refractivity contribution >= 4 is 10.0 Å². The zero-order valence-corrected chi connectivity index (χ0v) is 8.26. The number of rotatable bonds is 3. The van der Waals surface area contributed by atoms with Crippen LogP contribution in [0.1, 0.15) is 0 Å². The normalized spacial score (nSPS) is 21.1. The first-order valence-electron chi connectivity index (χ1n) is 3.79. The quantitative estimate of drug-likeness (QED) is 0.652. The van der Waals surface area contributed by atoms with Gasteiger partial charge in [0.25, 0.3) is 10.0 Å². The van der Waals surface area contributed by atoms with E-state index in [1.165, 1.54) is 0 Å². The molecule has 0 bridgehead atoms. The standard InChI is InChI=1S/C6H12F2N2O2S/c1-9(2)5-3-10(4-5)13(11,12)6(7)8/h5-6H,3-4H2,1-2H3. The Labute approximate surface area is 76.2 Å². The highest BCUT2D eigenvalue weighted by atomic mass is 32.2. The number of hydrogen-bond acceptors (Lipinski definition) is 3. The first-order chi connectivity index (χ1) is 5.85. The van der Waals surface area contributed by atoms with Gasteiger partial charge in [-0.2, -0.15) is 13.1 Å². The van der Waals surface area contributed by atoms with E-state index in [2.05, 4.69) is 0 Å². The SMILES string of the molecule is CN(C)C1CN(S(=O)(=O)C(F)F)C1. The lowest BCUT2D eigenvalue weighted by atomic mass is 10.2. The number of likely N-dealkylation sites (N-methyl/N-ethyl adjacent to an activating group) is 1. The van der Waals surface area contributed by atoms with Gasteiger partial charge in [0.2, 0.25) is 0 Å². The third-order valence-electron chi connectivity index (χ3n) is 2.14. The zero-order chi connectivity index (χ0) is 10.2. The van der Waals surface area contributed by atoms with Crippen molar-refractivity contribution in [3.63, 3.8) is 0 Å². The minimum Gasteiger partial charge on any atom is -0.304 e. The van der Waals surface area contributed by atoms with E-state index < -0.39 is 15.8 Å². The first-order valence-corrected chi connectivity index (χ1v) is 5.29. The molecule has 0 aromatic carbocycles. The lowest BCUT2D eigenvalue weighted by molar-refractivity contribution is 0.121. The summed E-state index contributed by atoms with van der Waals surface area (Å²) < 4.78 is 46.4. The second-order valence-corrected chi connectivity index (χ2v) is 5.14. The van der Waals surface area contributed by atoms with Gasteiger partial charge in [-0.15, -0.1) is 0 Å². The van der Waals surface area contributed by atoms with E-state index in [0.717, 1.165) is 4.31 Å². The largest absolute Gasteiger partial charge is 0.350 e. The molecule has 1 rings (SSSR count). The fourth-order valence-corrected chi connectivity index (χ4v) is 2.05. The van der Waals surface area contributed by atoms with Crippen LogP contribution in [0.15, 0.2) is 0 Å². The maximum Gasteiger partial charge on any atom is 0.350 e. The van der Waals surface area contributed by atoms with Crippen molar-refractivity contribution in [3.8, 4) is 0 Å². The van der Waals surface area contributed by atoms with Gasteiger partial charge < -0.3 is 4.90 Å². The van der Waals surface area contributed by atoms with Gasteiger partial charge in [-0.1, -0.05) is 0 Å². The molecular weight excluding hydrogens is 202 g/mol. The molecule has 13 heavy (non-hydrogen) atoms. The number of nitrogens with zero attached hydrogens (tertiary/aromatic N) is 2. The molecule has 1 heterocycles. The molecule has 1 saturated heterocycles. The smallest absolute Gasteiger partial charge is 0.304 e. The van der Waals surface area contributed by atoms with Gasteiger partial charge in [-0.05, 0) is 14.1 Å². The molecule has 0 spiro atoms. The minimum absolute atomic E-state index is 0.0634. The third kappa shape index (κ3) is 1.97. The molecule has 0 aliphatic carbocycles. The van der Waals surface area contributed by atoms with Crippen LogP contribution in [0, 0.1) is 0 Å². The molecule has 1 fully saturated rings. The molecule has 0 unspecified atom stereocenters. The number of alkyl halides is 2. The molecule has 0 amide bonds. The molecule has 0 saturated carbocycles. The van der Waals surface area contributed by atoms with Crippen LogP contribution >= 0.6 is 0 Å². The molecule has 0 aromatic heterocycles. The second kappa shape index (κ2) is 3.47. The summed E-state index contributed by atoms with van der Waals surface area (Å²) in [7, 11) is -0.756. The Hall–Kier alpha value is -0.270. The summed E-state index contributed by atoms with van der Waals surface area (Å²) in [5, 5.41) is 0. The second-order valence-electron chi connectivity index (χ2n) is 3.24. The first kappa shape index (κ1) is 10.8. The molecule has 1 aliphatic rings. The summed E-state index contributed by atoms with van der Waals surface area (Å²) in [6, 6.07) is 0.0634. The number of hydrogen-bond donors (Lipinski definition) is 0. The van der Waals surface area contributed by atoms with Gasteiger partial charge >= 0.3 is 5.76 Å². The summed E-state index contributed by atoms with van der Waals surface area (Å²) in [6.07, 6.45) is 0. The van der Waals surface area contributed by atoms with Crippen molar-refractivity contribution < 1.29 is 17.2 Å². The van der Waals surface area contributed by atoms with Crippen LogP contribution in [0.2, 0.25) is 0 Å². The van der Waals surface area contributed by atoms with Crippen molar-refractivity contribution in [2.75, 3.05) is 27.2 Å². The fraction of sp³-hybridized carbons (Fsp3) is 1.00. The van der Waals surface area contributed by atoms with Crippen LogP contribution in [-0.4, -0.2) is 56.6 Å². The summed E-state index contributed by atoms with van der Waals surface area (Å²) in [4.78, 5) is 1.82. The van der Waals surface area contributed by atoms with Gasteiger partial charge in [-0.3, -0.25) is 0 Å². The van der Waals surface area contributed by atoms with Crippen LogP contribution in [0.5, 0.6) is 0 Å². The highest BCUT2D eigenvalue weighted by Crippen LogP contribution is 2.21. The molecular formula is C6H12F2N2O2S. The van der Waals surface area contributed by atoms with E-state index in [9.17, 15) is 17.2 Å². The highest BCUT2D eigenvalue weighted by Gasteiger charge is 2.41. The molecule has 4 nitrogen and oxygen atoms in total. The van der Waals surface area contributed by atoms with Crippen molar-refractivity contribution in [1.82, 2.24) is 9.21 Å². The zero-order valence-electron chi connectivity index (χ0n) is 7.44. The summed E-state index contributed by atoms with van der Waals surface area (Å²) in [6.45, 7) is 0.333. The van der Waals surface area contributed by atoms with Crippen LogP contribution in [0.4, 0.5) is 8.78 Å². The van der Waals surface area contributed by atoms with Crippen molar-refractivity contribution in [2.24, 2.45) is 0 Å². The Morgan fingerprint density at radius 2 is 1.85 bits per heavy atom. The van der Waals surface area contributed by atoms with Crippen LogP contribution in [0.3, 0.4) is 0 Å². The molecule has 7 heteroatoms. The van der Waals surface area contributed by atoms with Crippen LogP contribution < -0.4 is 0 Å². The van der Waals surface area contributed by atoms with Gasteiger partial charge in [0.05, 0.1) is 0 Å². The highest BCUT2D eigenvalue weighted by molar-refractivity contribution is 7.89. The van der Waals surface area contributed by atoms with Gasteiger partial charge in [0.1, 0.15) is 0 Å². The molecule has 1 aliphatic heterocycles. The van der Waals surface area contributed by atoms with Gasteiger partial charge in [0, 0.05) is 19.1 Å². The molecule has 0 aromatic rings. The number of sulfonamides is 1. The van der Waals surface area contributed by atoms with E-state index in [1.54, 1.807) is 14.1 Å². The molecule has 0 atom stereocenters. The molecule has 0 radical (unpaired) electrons. The third-order valence-corrected chi connectivity index (χ3v) is 3.61. The Kier molecular flexibility index (Phi) is 2.88. The molecule has 0 N–H and O–H groups in total. The number of halogens is 2. The summed E-state index contributed by atoms with van der Waals surface area (Å²) >= 11 is 0. The van der Waals surface area contributed by atoms with Gasteiger partial charge in [-0.25, -0.2) is 8.42 Å². The van der Waals surface area contributed by atoms with Crippen molar-refractivity contribution in [1.29, 1.82) is 0 Å². The Morgan fingerprint density at radius 1 is 1.38 bits per heavy atom. The lowest BCUT2D eigenvalue weighted by Crippen LogP contribution is -2.60. The lowest BCUT2D eigenvalue weighted by Gasteiger charge is -2.41. The predicted octanol–water partition coefficient (Wildman–Crippen LogP) is -0.215. The average molecular weight is 214 g/mol. The Bertz CT molecular complexity index is 272. The van der Waals surface area contributed by atoms with E-state index in [1.807, 2.05) is 4.90 Å². The van der Waals surface area contributed by atoms with E-state index in [4.69, 9.17) is 0 Å². The molecule has 78 valence electrons. The van der Waals surface area contributed by atoms with Crippen LogP contribution in [0.25, 0.3) is 0 Å². The predicted molar refractivity (Wildman–Crippen MR) is 44.0 cm³/mol. The maximum atomic E-state index is 12.0. The minimum atomic E-state index is -4.33. The van der Waals surface area contributed by atoms with Crippen molar-refractivity contribution in [2.45, 2.75) is 11.8 Å². The van der Waals surface area contributed by atoms with Crippen LogP contribution in [-0.2, 0) is 10.0 Å². The fourth-order valence-electron chi connectivity index (χ4n) is 1.06. The summed E-state index contributed by atoms with van der Waals surface area (Å²) in [5.41, 5.74) is 0. The summed E-state index contributed by atoms with van der Waals surface area (Å²) in [5.74, 6) is -3.30. The Balaban J connectivity index is 2.53. The van der Waals surface area contributed by atoms with E-state index >= 15 is 0 Å². The van der Waals surface area contributed by atoms with Crippen molar-refractivity contribution in [3.05, 3.63) is 0 Å². The Morgan fingerprint density at radius 3 is 2.15 bits per heavy atom. The van der Waals surface area contributed by atoms with E-state index in [-0.39, 0.29) is 19.1 Å². The monoisotopic (exact) mass is 214 g/mol. The van der Waals surface area contributed by atoms with Gasteiger partial charge in [0.15, 0.2) is 0 Å². The average Bonchev–Trinajstić information content (AvgIpc) is 1.80. The maximum absolute atomic E-state index is 12.0. The van der Waals surface area contributed by atoms with E-state index in [0.29, 0.717) is 0 Å².